The van der Waals surface area contributed by atoms with Crippen LogP contribution in [0.1, 0.15) is 57.3 Å². The molecule has 0 radical (unpaired) electrons. The Morgan fingerprint density at radius 2 is 1.89 bits per heavy atom. The summed E-state index contributed by atoms with van der Waals surface area (Å²) in [7, 11) is 0. The molecule has 0 spiro atoms. The molecule has 1 heterocycles. The highest BCUT2D eigenvalue weighted by atomic mass is 15.3. The van der Waals surface area contributed by atoms with Gasteiger partial charge in [-0.25, -0.2) is 0 Å². The maximum absolute atomic E-state index is 4.49. The average Bonchev–Trinajstić information content (AvgIpc) is 2.80. The molecule has 1 aliphatic carbocycles. The van der Waals surface area contributed by atoms with E-state index in [1.807, 2.05) is 0 Å². The van der Waals surface area contributed by atoms with Gasteiger partial charge in [0.2, 0.25) is 0 Å². The number of aromatic nitrogens is 2. The van der Waals surface area contributed by atoms with Crippen molar-refractivity contribution >= 4 is 0 Å². The smallest absolute Gasteiger partial charge is 0.0597 e. The molecule has 1 aromatic rings. The van der Waals surface area contributed by atoms with E-state index in [9.17, 15) is 0 Å². The van der Waals surface area contributed by atoms with E-state index in [-0.39, 0.29) is 0 Å². The van der Waals surface area contributed by atoms with Crippen molar-refractivity contribution in [3.63, 3.8) is 0 Å². The monoisotopic (exact) mass is 263 g/mol. The fourth-order valence-electron chi connectivity index (χ4n) is 3.26. The normalized spacial score (nSPS) is 23.7. The largest absolute Gasteiger partial charge is 0.311 e. The van der Waals surface area contributed by atoms with Crippen LogP contribution in [0, 0.1) is 18.8 Å². The molecule has 0 aliphatic heterocycles. The van der Waals surface area contributed by atoms with Crippen LogP contribution in [0.15, 0.2) is 6.07 Å². The Bertz CT molecular complexity index is 375. The second kappa shape index (κ2) is 7.09. The molecular weight excluding hydrogens is 234 g/mol. The van der Waals surface area contributed by atoms with E-state index in [4.69, 9.17) is 0 Å². The summed E-state index contributed by atoms with van der Waals surface area (Å²) in [5.41, 5.74) is 2.45. The minimum absolute atomic E-state index is 0.891. The van der Waals surface area contributed by atoms with E-state index >= 15 is 0 Å². The Morgan fingerprint density at radius 3 is 2.53 bits per heavy atom. The molecule has 0 unspecified atom stereocenters. The summed E-state index contributed by atoms with van der Waals surface area (Å²) in [6.45, 7) is 9.65. The molecule has 0 aromatic carbocycles. The van der Waals surface area contributed by atoms with Gasteiger partial charge in [0.05, 0.1) is 11.4 Å². The topological polar surface area (TPSA) is 29.9 Å². The molecule has 1 saturated carbocycles. The van der Waals surface area contributed by atoms with E-state index in [1.54, 1.807) is 0 Å². The van der Waals surface area contributed by atoms with Gasteiger partial charge in [-0.15, -0.1) is 0 Å². The first-order valence-electron chi connectivity index (χ1n) is 7.97. The van der Waals surface area contributed by atoms with Gasteiger partial charge >= 0.3 is 0 Å². The number of nitrogens with one attached hydrogen (secondary N) is 1. The fourth-order valence-corrected chi connectivity index (χ4v) is 3.26. The molecule has 1 fully saturated rings. The fraction of sp³-hybridized carbons (Fsp3) is 0.812. The molecule has 0 amide bonds. The summed E-state index contributed by atoms with van der Waals surface area (Å²) in [6.07, 6.45) is 7.08. The third kappa shape index (κ3) is 4.07. The van der Waals surface area contributed by atoms with E-state index in [0.29, 0.717) is 0 Å². The lowest BCUT2D eigenvalue weighted by atomic mass is 9.81. The summed E-state index contributed by atoms with van der Waals surface area (Å²) in [5.74, 6) is 1.89. The van der Waals surface area contributed by atoms with Crippen molar-refractivity contribution in [3.05, 3.63) is 17.5 Å². The summed E-state index contributed by atoms with van der Waals surface area (Å²) < 4.78 is 2.11. The van der Waals surface area contributed by atoms with Crippen LogP contribution in [0.2, 0.25) is 0 Å². The van der Waals surface area contributed by atoms with Crippen LogP contribution in [0.5, 0.6) is 0 Å². The zero-order valence-electron chi connectivity index (χ0n) is 12.8. The maximum atomic E-state index is 4.49. The Hall–Kier alpha value is -0.830. The highest BCUT2D eigenvalue weighted by molar-refractivity contribution is 5.08. The molecule has 3 heteroatoms. The first-order chi connectivity index (χ1) is 9.22. The Kier molecular flexibility index (Phi) is 5.44. The predicted octanol–water partition coefficient (Wildman–Crippen LogP) is 3.52. The number of rotatable bonds is 6. The first-order valence-corrected chi connectivity index (χ1v) is 7.97. The third-order valence-electron chi connectivity index (χ3n) is 4.57. The number of hydrogen-bond donors (Lipinski definition) is 1. The quantitative estimate of drug-likeness (QED) is 0.851. The molecule has 108 valence electrons. The highest BCUT2D eigenvalue weighted by Crippen LogP contribution is 2.30. The van der Waals surface area contributed by atoms with Gasteiger partial charge in [0.1, 0.15) is 0 Å². The van der Waals surface area contributed by atoms with Crippen molar-refractivity contribution in [1.82, 2.24) is 15.1 Å². The lowest BCUT2D eigenvalue weighted by Crippen LogP contribution is -2.27. The standard InChI is InChI=1S/C16H29N3/c1-4-14-6-8-15(9-7-14)11-17-12-16-10-13(3)18-19(16)5-2/h10,14-15,17H,4-9,11-12H2,1-3H3. The van der Waals surface area contributed by atoms with Crippen LogP contribution in [0.3, 0.4) is 0 Å². The van der Waals surface area contributed by atoms with Crippen LogP contribution in [0.4, 0.5) is 0 Å². The van der Waals surface area contributed by atoms with Crippen LogP contribution < -0.4 is 5.32 Å². The van der Waals surface area contributed by atoms with Gasteiger partial charge in [-0.3, -0.25) is 4.68 Å². The van der Waals surface area contributed by atoms with Gasteiger partial charge in [-0.05, 0) is 51.1 Å². The molecule has 0 atom stereocenters. The van der Waals surface area contributed by atoms with Gasteiger partial charge in [0.25, 0.3) is 0 Å². The van der Waals surface area contributed by atoms with E-state index < -0.39 is 0 Å². The Morgan fingerprint density at radius 1 is 1.21 bits per heavy atom. The van der Waals surface area contributed by atoms with Crippen LogP contribution in [0.25, 0.3) is 0 Å². The summed E-state index contributed by atoms with van der Waals surface area (Å²) in [6, 6.07) is 2.20. The SMILES string of the molecule is CCC1CCC(CNCc2cc(C)nn2CC)CC1. The maximum Gasteiger partial charge on any atom is 0.0597 e. The second-order valence-electron chi connectivity index (χ2n) is 6.02. The zero-order chi connectivity index (χ0) is 13.7. The van der Waals surface area contributed by atoms with Gasteiger partial charge in [-0.1, -0.05) is 26.2 Å². The Labute approximate surface area is 117 Å². The number of nitrogens with zero attached hydrogens (tertiary/aromatic N) is 2. The highest BCUT2D eigenvalue weighted by Gasteiger charge is 2.19. The molecule has 2 rings (SSSR count). The van der Waals surface area contributed by atoms with Gasteiger partial charge < -0.3 is 5.32 Å². The lowest BCUT2D eigenvalue weighted by Gasteiger charge is -2.27. The molecule has 0 saturated heterocycles. The summed E-state index contributed by atoms with van der Waals surface area (Å²) in [5, 5.41) is 8.12. The summed E-state index contributed by atoms with van der Waals surface area (Å²) in [4.78, 5) is 0. The molecule has 1 aromatic heterocycles. The number of aryl methyl sites for hydroxylation is 2. The van der Waals surface area contributed by atoms with E-state index in [0.717, 1.165) is 30.6 Å². The molecular formula is C16H29N3. The van der Waals surface area contributed by atoms with Crippen molar-refractivity contribution in [1.29, 1.82) is 0 Å². The molecule has 0 bridgehead atoms. The van der Waals surface area contributed by atoms with Crippen LogP contribution >= 0.6 is 0 Å². The zero-order valence-corrected chi connectivity index (χ0v) is 12.8. The average molecular weight is 263 g/mol. The molecule has 3 nitrogen and oxygen atoms in total. The van der Waals surface area contributed by atoms with Crippen LogP contribution in [-0.2, 0) is 13.1 Å². The van der Waals surface area contributed by atoms with Gasteiger partial charge in [0.15, 0.2) is 0 Å². The van der Waals surface area contributed by atoms with Crippen molar-refractivity contribution in [2.24, 2.45) is 11.8 Å². The van der Waals surface area contributed by atoms with E-state index in [2.05, 4.69) is 41.9 Å². The Balaban J connectivity index is 1.72. The molecule has 19 heavy (non-hydrogen) atoms. The lowest BCUT2D eigenvalue weighted by molar-refractivity contribution is 0.262. The summed E-state index contributed by atoms with van der Waals surface area (Å²) >= 11 is 0. The minimum Gasteiger partial charge on any atom is -0.311 e. The van der Waals surface area contributed by atoms with Crippen molar-refractivity contribution in [2.45, 2.75) is 66.0 Å². The van der Waals surface area contributed by atoms with Gasteiger partial charge in [0, 0.05) is 13.1 Å². The molecule has 1 aliphatic rings. The van der Waals surface area contributed by atoms with Gasteiger partial charge in [-0.2, -0.15) is 5.10 Å². The van der Waals surface area contributed by atoms with Crippen molar-refractivity contribution in [2.75, 3.05) is 6.54 Å². The molecule has 1 N–H and O–H groups in total. The van der Waals surface area contributed by atoms with Crippen molar-refractivity contribution in [3.8, 4) is 0 Å². The first kappa shape index (κ1) is 14.6. The second-order valence-corrected chi connectivity index (χ2v) is 6.02. The predicted molar refractivity (Wildman–Crippen MR) is 80.1 cm³/mol. The number of hydrogen-bond acceptors (Lipinski definition) is 2. The minimum atomic E-state index is 0.891. The van der Waals surface area contributed by atoms with E-state index in [1.165, 1.54) is 44.3 Å². The van der Waals surface area contributed by atoms with Crippen molar-refractivity contribution < 1.29 is 0 Å². The third-order valence-corrected chi connectivity index (χ3v) is 4.57. The van der Waals surface area contributed by atoms with Crippen LogP contribution in [-0.4, -0.2) is 16.3 Å².